The molecule has 25 heavy (non-hydrogen) atoms. The quantitative estimate of drug-likeness (QED) is 0.753. The van der Waals surface area contributed by atoms with E-state index in [1.54, 1.807) is 30.7 Å². The van der Waals surface area contributed by atoms with Crippen LogP contribution in [-0.2, 0) is 4.79 Å². The highest BCUT2D eigenvalue weighted by atomic mass is 16.2. The van der Waals surface area contributed by atoms with Gasteiger partial charge in [-0.3, -0.25) is 14.6 Å². The number of amides is 2. The average molecular weight is 339 g/mol. The first kappa shape index (κ1) is 16.9. The van der Waals surface area contributed by atoms with E-state index in [-0.39, 0.29) is 11.8 Å². The predicted octanol–water partition coefficient (Wildman–Crippen LogP) is 1.96. The van der Waals surface area contributed by atoms with Crippen LogP contribution in [0.4, 0.5) is 11.5 Å². The number of likely N-dealkylation sites (tertiary alicyclic amines) is 1. The molecule has 0 spiro atoms. The summed E-state index contributed by atoms with van der Waals surface area (Å²) in [6.45, 7) is 2.08. The lowest BCUT2D eigenvalue weighted by Crippen LogP contribution is -2.30. The van der Waals surface area contributed by atoms with Gasteiger partial charge in [0.25, 0.3) is 5.91 Å². The summed E-state index contributed by atoms with van der Waals surface area (Å²) in [6.07, 6.45) is 7.17. The standard InChI is InChI=1S/C18H21N5O2/c24-17-6-2-10-23(17)11-3-7-21-18(25)14-4-1-5-15(12-14)22-16-13-19-8-9-20-16/h1,4-5,8-9,12-13H,2-3,6-7,10-11H2,(H,20,22)(H,21,25). The Bertz CT molecular complexity index is 735. The Balaban J connectivity index is 1.48. The minimum absolute atomic E-state index is 0.129. The van der Waals surface area contributed by atoms with Crippen molar-refractivity contribution < 1.29 is 9.59 Å². The van der Waals surface area contributed by atoms with E-state index in [2.05, 4.69) is 20.6 Å². The Morgan fingerprint density at radius 1 is 1.28 bits per heavy atom. The van der Waals surface area contributed by atoms with E-state index < -0.39 is 0 Å². The molecule has 1 saturated heterocycles. The summed E-state index contributed by atoms with van der Waals surface area (Å²) in [5.74, 6) is 0.708. The van der Waals surface area contributed by atoms with Gasteiger partial charge in [0.1, 0.15) is 5.82 Å². The molecule has 0 radical (unpaired) electrons. The summed E-state index contributed by atoms with van der Waals surface area (Å²) >= 11 is 0. The van der Waals surface area contributed by atoms with Crippen LogP contribution >= 0.6 is 0 Å². The monoisotopic (exact) mass is 339 g/mol. The van der Waals surface area contributed by atoms with Crippen LogP contribution in [0.2, 0.25) is 0 Å². The van der Waals surface area contributed by atoms with E-state index in [9.17, 15) is 9.59 Å². The first-order valence-corrected chi connectivity index (χ1v) is 8.41. The van der Waals surface area contributed by atoms with Crippen molar-refractivity contribution in [1.82, 2.24) is 20.2 Å². The molecule has 7 heteroatoms. The highest BCUT2D eigenvalue weighted by Gasteiger charge is 2.19. The minimum Gasteiger partial charge on any atom is -0.352 e. The molecule has 0 bridgehead atoms. The molecular weight excluding hydrogens is 318 g/mol. The van der Waals surface area contributed by atoms with Gasteiger partial charge in [-0.15, -0.1) is 0 Å². The molecule has 0 unspecified atom stereocenters. The number of rotatable bonds is 7. The summed E-state index contributed by atoms with van der Waals surface area (Å²) in [7, 11) is 0. The van der Waals surface area contributed by atoms with E-state index >= 15 is 0 Å². The first-order valence-electron chi connectivity index (χ1n) is 8.41. The SMILES string of the molecule is O=C(NCCCN1CCCC1=O)c1cccc(Nc2cnccn2)c1. The number of hydrogen-bond donors (Lipinski definition) is 2. The van der Waals surface area contributed by atoms with Crippen LogP contribution in [0.5, 0.6) is 0 Å². The van der Waals surface area contributed by atoms with E-state index in [4.69, 9.17) is 0 Å². The molecule has 1 aliphatic rings. The minimum atomic E-state index is -0.129. The molecule has 130 valence electrons. The van der Waals surface area contributed by atoms with Crippen molar-refractivity contribution >= 4 is 23.3 Å². The molecule has 2 aromatic rings. The Morgan fingerprint density at radius 2 is 2.20 bits per heavy atom. The van der Waals surface area contributed by atoms with Crippen LogP contribution in [0.25, 0.3) is 0 Å². The van der Waals surface area contributed by atoms with Gasteiger partial charge in [-0.05, 0) is 31.0 Å². The van der Waals surface area contributed by atoms with Gasteiger partial charge in [0.2, 0.25) is 5.91 Å². The van der Waals surface area contributed by atoms with E-state index in [0.29, 0.717) is 30.9 Å². The van der Waals surface area contributed by atoms with Gasteiger partial charge in [-0.2, -0.15) is 0 Å². The summed E-state index contributed by atoms with van der Waals surface area (Å²) in [4.78, 5) is 33.8. The van der Waals surface area contributed by atoms with Gasteiger partial charge in [-0.1, -0.05) is 6.07 Å². The number of aromatic nitrogens is 2. The van der Waals surface area contributed by atoms with Crippen LogP contribution in [0.3, 0.4) is 0 Å². The molecule has 1 fully saturated rings. The fourth-order valence-corrected chi connectivity index (χ4v) is 2.76. The number of benzene rings is 1. The number of nitrogens with one attached hydrogen (secondary N) is 2. The van der Waals surface area contributed by atoms with Gasteiger partial charge in [0.05, 0.1) is 6.20 Å². The topological polar surface area (TPSA) is 87.2 Å². The lowest BCUT2D eigenvalue weighted by Gasteiger charge is -2.15. The number of carbonyl (C=O) groups excluding carboxylic acids is 2. The third-order valence-corrected chi connectivity index (χ3v) is 4.02. The first-order chi connectivity index (χ1) is 12.2. The zero-order valence-electron chi connectivity index (χ0n) is 13.9. The van der Waals surface area contributed by atoms with Crippen molar-refractivity contribution in [2.75, 3.05) is 25.0 Å². The van der Waals surface area contributed by atoms with Crippen LogP contribution in [0.1, 0.15) is 29.6 Å². The van der Waals surface area contributed by atoms with E-state index in [0.717, 1.165) is 25.1 Å². The second-order valence-corrected chi connectivity index (χ2v) is 5.89. The lowest BCUT2D eigenvalue weighted by atomic mass is 10.2. The van der Waals surface area contributed by atoms with E-state index in [1.165, 1.54) is 0 Å². The van der Waals surface area contributed by atoms with Crippen molar-refractivity contribution in [1.29, 1.82) is 0 Å². The molecule has 7 nitrogen and oxygen atoms in total. The average Bonchev–Trinajstić information content (AvgIpc) is 3.04. The molecule has 2 N–H and O–H groups in total. The van der Waals surface area contributed by atoms with Crippen molar-refractivity contribution in [3.8, 4) is 0 Å². The summed E-state index contributed by atoms with van der Waals surface area (Å²) in [5, 5.41) is 6.01. The zero-order chi connectivity index (χ0) is 17.5. The van der Waals surface area contributed by atoms with Gasteiger partial charge in [-0.25, -0.2) is 4.98 Å². The largest absolute Gasteiger partial charge is 0.352 e. The van der Waals surface area contributed by atoms with Gasteiger partial charge >= 0.3 is 0 Å². The molecule has 0 aliphatic carbocycles. The summed E-state index contributed by atoms with van der Waals surface area (Å²) in [5.41, 5.74) is 1.35. The fourth-order valence-electron chi connectivity index (χ4n) is 2.76. The van der Waals surface area contributed by atoms with Crippen molar-refractivity contribution in [2.24, 2.45) is 0 Å². The molecule has 0 saturated carbocycles. The summed E-state index contributed by atoms with van der Waals surface area (Å²) in [6, 6.07) is 7.22. The Kier molecular flexibility index (Phi) is 5.56. The maximum Gasteiger partial charge on any atom is 0.251 e. The van der Waals surface area contributed by atoms with Gasteiger partial charge < -0.3 is 15.5 Å². The Morgan fingerprint density at radius 3 is 2.96 bits per heavy atom. The molecule has 2 amide bonds. The third kappa shape index (κ3) is 4.76. The van der Waals surface area contributed by atoms with Crippen LogP contribution in [0.15, 0.2) is 42.9 Å². The number of anilines is 2. The van der Waals surface area contributed by atoms with Crippen molar-refractivity contribution in [3.63, 3.8) is 0 Å². The normalized spacial score (nSPS) is 13.8. The molecule has 3 rings (SSSR count). The number of carbonyl (C=O) groups is 2. The van der Waals surface area contributed by atoms with Gasteiger partial charge in [0, 0.05) is 49.7 Å². The molecule has 2 heterocycles. The number of hydrogen-bond acceptors (Lipinski definition) is 5. The number of nitrogens with zero attached hydrogens (tertiary/aromatic N) is 3. The smallest absolute Gasteiger partial charge is 0.251 e. The van der Waals surface area contributed by atoms with Crippen LogP contribution < -0.4 is 10.6 Å². The maximum atomic E-state index is 12.3. The van der Waals surface area contributed by atoms with E-state index in [1.807, 2.05) is 17.0 Å². The highest BCUT2D eigenvalue weighted by molar-refractivity contribution is 5.95. The highest BCUT2D eigenvalue weighted by Crippen LogP contribution is 2.15. The van der Waals surface area contributed by atoms with Crippen LogP contribution in [-0.4, -0.2) is 46.3 Å². The maximum absolute atomic E-state index is 12.3. The Labute approximate surface area is 146 Å². The molecule has 1 aromatic heterocycles. The fraction of sp³-hybridized carbons (Fsp3) is 0.333. The molecular formula is C18H21N5O2. The zero-order valence-corrected chi connectivity index (χ0v) is 13.9. The predicted molar refractivity (Wildman–Crippen MR) is 94.5 cm³/mol. The Hall–Kier alpha value is -2.96. The van der Waals surface area contributed by atoms with Crippen molar-refractivity contribution in [3.05, 3.63) is 48.4 Å². The van der Waals surface area contributed by atoms with Crippen molar-refractivity contribution in [2.45, 2.75) is 19.3 Å². The second-order valence-electron chi connectivity index (χ2n) is 5.89. The van der Waals surface area contributed by atoms with Gasteiger partial charge in [0.15, 0.2) is 0 Å². The molecule has 1 aromatic carbocycles. The third-order valence-electron chi connectivity index (χ3n) is 4.02. The second kappa shape index (κ2) is 8.23. The molecule has 0 atom stereocenters. The lowest BCUT2D eigenvalue weighted by molar-refractivity contribution is -0.127. The molecule has 1 aliphatic heterocycles. The van der Waals surface area contributed by atoms with Crippen LogP contribution in [0, 0.1) is 0 Å². The summed E-state index contributed by atoms with van der Waals surface area (Å²) < 4.78 is 0.